The van der Waals surface area contributed by atoms with E-state index in [1.54, 1.807) is 20.8 Å². The number of ether oxygens (including phenoxy) is 4. The summed E-state index contributed by atoms with van der Waals surface area (Å²) in [7, 11) is 0. The minimum atomic E-state index is -0.842. The third-order valence-electron chi connectivity index (χ3n) is 13.2. The topological polar surface area (TPSA) is 88.1 Å². The van der Waals surface area contributed by atoms with Crippen LogP contribution < -0.4 is 9.47 Å². The molecule has 1 unspecified atom stereocenters. The second-order valence-corrected chi connectivity index (χ2v) is 17.9. The van der Waals surface area contributed by atoms with Gasteiger partial charge in [-0.3, -0.25) is 4.79 Å². The first-order valence-corrected chi connectivity index (χ1v) is 18.6. The number of Topliss-reactive ketones (excluding diaryl/α,β-unsaturated/α-hetero) is 1. The highest BCUT2D eigenvalue weighted by atomic mass is 32.2. The van der Waals surface area contributed by atoms with E-state index in [1.807, 2.05) is 24.8 Å². The molecule has 0 aliphatic heterocycles. The Morgan fingerprint density at radius 1 is 0.894 bits per heavy atom. The van der Waals surface area contributed by atoms with E-state index in [0.29, 0.717) is 17.0 Å². The number of carbonyl (C=O) groups is 3. The molecule has 0 aromatic heterocycles. The van der Waals surface area contributed by atoms with Crippen LogP contribution in [0.5, 0.6) is 11.5 Å². The molecule has 0 saturated heterocycles. The van der Waals surface area contributed by atoms with E-state index in [-0.39, 0.29) is 57.0 Å². The van der Waals surface area contributed by atoms with Crippen molar-refractivity contribution in [1.29, 1.82) is 0 Å². The molecule has 5 rings (SSSR count). The molecule has 7 atom stereocenters. The Kier molecular flexibility index (Phi) is 9.48. The molecular weight excluding hydrogens is 612 g/mol. The molecule has 0 radical (unpaired) electrons. The zero-order valence-corrected chi connectivity index (χ0v) is 31.3. The van der Waals surface area contributed by atoms with Crippen molar-refractivity contribution < 1.29 is 33.3 Å². The van der Waals surface area contributed by atoms with Gasteiger partial charge in [0, 0.05) is 21.6 Å². The van der Waals surface area contributed by atoms with Gasteiger partial charge in [0.1, 0.15) is 5.78 Å². The predicted molar refractivity (Wildman–Crippen MR) is 186 cm³/mol. The minimum absolute atomic E-state index is 0.00981. The van der Waals surface area contributed by atoms with Crippen molar-refractivity contribution >= 4 is 29.9 Å². The zero-order chi connectivity index (χ0) is 34.7. The first-order valence-electron chi connectivity index (χ1n) is 17.7. The lowest BCUT2D eigenvalue weighted by Gasteiger charge is -2.70. The number of thioether (sulfide) groups is 1. The van der Waals surface area contributed by atoms with Crippen molar-refractivity contribution in [3.05, 3.63) is 34.4 Å². The molecule has 4 aliphatic rings. The third kappa shape index (κ3) is 5.72. The number of rotatable bonds is 7. The normalized spacial score (nSPS) is 35.8. The number of benzene rings is 1. The number of ketones is 1. The molecule has 0 N–H and O–H groups in total. The molecule has 0 bridgehead atoms. The molecule has 7 nitrogen and oxygen atoms in total. The van der Waals surface area contributed by atoms with Gasteiger partial charge in [-0.2, -0.15) is 0 Å². The molecule has 260 valence electrons. The lowest BCUT2D eigenvalue weighted by molar-refractivity contribution is -0.165. The van der Waals surface area contributed by atoms with Gasteiger partial charge in [0.05, 0.1) is 13.2 Å². The highest BCUT2D eigenvalue weighted by molar-refractivity contribution is 8.00. The molecular formula is C39H56O7S. The van der Waals surface area contributed by atoms with Crippen LogP contribution in [0.1, 0.15) is 136 Å². The van der Waals surface area contributed by atoms with Crippen molar-refractivity contribution in [1.82, 2.24) is 0 Å². The second-order valence-electron chi connectivity index (χ2n) is 16.2. The maximum Gasteiger partial charge on any atom is 0.513 e. The Morgan fingerprint density at radius 3 is 2.11 bits per heavy atom. The fourth-order valence-electron chi connectivity index (χ4n) is 10.1. The van der Waals surface area contributed by atoms with Gasteiger partial charge in [-0.25, -0.2) is 9.59 Å². The molecule has 0 spiro atoms. The predicted octanol–water partition coefficient (Wildman–Crippen LogP) is 10.4. The Morgan fingerprint density at radius 2 is 1.51 bits per heavy atom. The van der Waals surface area contributed by atoms with Gasteiger partial charge in [-0.15, -0.1) is 11.8 Å². The lowest BCUT2D eigenvalue weighted by Crippen LogP contribution is -2.62. The summed E-state index contributed by atoms with van der Waals surface area (Å²) in [6.45, 7) is 24.0. The van der Waals surface area contributed by atoms with Gasteiger partial charge in [-0.1, -0.05) is 60.1 Å². The highest BCUT2D eigenvalue weighted by Gasteiger charge is 2.67. The first kappa shape index (κ1) is 35.8. The first-order chi connectivity index (χ1) is 21.9. The molecule has 47 heavy (non-hydrogen) atoms. The standard InChI is InChI=1S/C39H56O7S/c1-12-43-33(41)45-27-20-26-31(24(5)32(27)46-34(42)44-13-2)28(47-23(3)4)21-29-37(26,9)17-19-39(11)30-22-36(8,25(6)40)15-14-35(30,7)16-18-38(29,39)10/h20-21,23,28,30H,12-19,22H2,1-11H3/t28?,30-,35-,36-,37+,38-,39+/m1/s1. The van der Waals surface area contributed by atoms with Gasteiger partial charge in [-0.05, 0) is 117 Å². The summed E-state index contributed by atoms with van der Waals surface area (Å²) in [6.07, 6.45) is 8.06. The maximum atomic E-state index is 13.0. The molecule has 3 fully saturated rings. The largest absolute Gasteiger partial charge is 0.513 e. The molecule has 3 saturated carbocycles. The van der Waals surface area contributed by atoms with E-state index in [9.17, 15) is 14.4 Å². The van der Waals surface area contributed by atoms with Crippen LogP contribution in [-0.4, -0.2) is 36.6 Å². The van der Waals surface area contributed by atoms with E-state index in [4.69, 9.17) is 18.9 Å². The molecule has 8 heteroatoms. The summed E-state index contributed by atoms with van der Waals surface area (Å²) in [5.41, 5.74) is 3.99. The van der Waals surface area contributed by atoms with Crippen molar-refractivity contribution in [3.8, 4) is 11.5 Å². The minimum Gasteiger partial charge on any atom is -0.434 e. The number of hydrogen-bond donors (Lipinski definition) is 0. The van der Waals surface area contributed by atoms with E-state index in [2.05, 4.69) is 54.5 Å². The van der Waals surface area contributed by atoms with E-state index < -0.39 is 12.3 Å². The fourth-order valence-corrected chi connectivity index (χ4v) is 11.3. The smallest absolute Gasteiger partial charge is 0.434 e. The average molecular weight is 669 g/mol. The molecule has 1 aromatic carbocycles. The second kappa shape index (κ2) is 12.4. The van der Waals surface area contributed by atoms with Gasteiger partial charge in [0.25, 0.3) is 0 Å². The Balaban J connectivity index is 1.70. The van der Waals surface area contributed by atoms with Crippen molar-refractivity contribution in [2.24, 2.45) is 27.6 Å². The Bertz CT molecular complexity index is 1480. The number of fused-ring (bicyclic) bond motifs is 7. The average Bonchev–Trinajstić information content (AvgIpc) is 2.98. The Labute approximate surface area is 286 Å². The van der Waals surface area contributed by atoms with Gasteiger partial charge in [0.2, 0.25) is 0 Å². The number of hydrogen-bond acceptors (Lipinski definition) is 8. The quantitative estimate of drug-likeness (QED) is 0.161. The highest BCUT2D eigenvalue weighted by Crippen LogP contribution is 2.75. The molecule has 0 amide bonds. The summed E-state index contributed by atoms with van der Waals surface area (Å²) in [4.78, 5) is 38.4. The van der Waals surface area contributed by atoms with E-state index in [0.717, 1.165) is 61.6 Å². The van der Waals surface area contributed by atoms with Crippen molar-refractivity contribution in [2.75, 3.05) is 13.2 Å². The van der Waals surface area contributed by atoms with E-state index in [1.165, 1.54) is 5.57 Å². The van der Waals surface area contributed by atoms with Crippen LogP contribution in [0.4, 0.5) is 9.59 Å². The maximum absolute atomic E-state index is 13.0. The van der Waals surface area contributed by atoms with Gasteiger partial charge >= 0.3 is 12.3 Å². The number of allylic oxidation sites excluding steroid dienone is 1. The summed E-state index contributed by atoms with van der Waals surface area (Å²) < 4.78 is 21.9. The van der Waals surface area contributed by atoms with Crippen LogP contribution in [0.15, 0.2) is 17.7 Å². The van der Waals surface area contributed by atoms with E-state index >= 15 is 0 Å². The Hall–Kier alpha value is -2.48. The molecule has 4 aliphatic carbocycles. The van der Waals surface area contributed by atoms with Crippen molar-refractivity contribution in [2.45, 2.75) is 137 Å². The third-order valence-corrected chi connectivity index (χ3v) is 14.4. The van der Waals surface area contributed by atoms with Crippen LogP contribution in [0, 0.1) is 34.5 Å². The fraction of sp³-hybridized carbons (Fsp3) is 0.718. The SMILES string of the molecule is CCOC(=O)Oc1cc2c(c(C)c1OC(=O)OCC)C(SC(C)C)C=C1[C@@]2(C)CC[C@@]2(C)[C@@H]3C[C@](C)(C(C)=O)CC[C@]3(C)CC[C@]12C. The van der Waals surface area contributed by atoms with Crippen LogP contribution in [0.3, 0.4) is 0 Å². The lowest BCUT2D eigenvalue weighted by atomic mass is 9.34. The van der Waals surface area contributed by atoms with Crippen LogP contribution in [0.25, 0.3) is 0 Å². The number of carbonyl (C=O) groups excluding carboxylic acids is 3. The van der Waals surface area contributed by atoms with Crippen molar-refractivity contribution in [3.63, 3.8) is 0 Å². The van der Waals surface area contributed by atoms with Crippen LogP contribution in [0.2, 0.25) is 0 Å². The molecule has 0 heterocycles. The molecule has 1 aromatic rings. The monoisotopic (exact) mass is 668 g/mol. The van der Waals surface area contributed by atoms with Crippen LogP contribution >= 0.6 is 11.8 Å². The zero-order valence-electron chi connectivity index (χ0n) is 30.5. The van der Waals surface area contributed by atoms with Gasteiger partial charge < -0.3 is 18.9 Å². The summed E-state index contributed by atoms with van der Waals surface area (Å²) >= 11 is 1.89. The summed E-state index contributed by atoms with van der Waals surface area (Å²) in [6, 6.07) is 1.93. The summed E-state index contributed by atoms with van der Waals surface area (Å²) in [5, 5.41) is 0.348. The summed E-state index contributed by atoms with van der Waals surface area (Å²) in [5.74, 6) is 1.11. The van der Waals surface area contributed by atoms with Crippen LogP contribution in [-0.2, 0) is 19.7 Å². The van der Waals surface area contributed by atoms with Gasteiger partial charge in [0.15, 0.2) is 11.5 Å².